The van der Waals surface area contributed by atoms with E-state index in [9.17, 15) is 62.1 Å². The van der Waals surface area contributed by atoms with Gasteiger partial charge in [0.2, 0.25) is 5.91 Å². The second-order valence-electron chi connectivity index (χ2n) is 16.5. The third-order valence-corrected chi connectivity index (χ3v) is 13.9. The molecule has 1 aliphatic rings. The van der Waals surface area contributed by atoms with Gasteiger partial charge in [-0.2, -0.15) is 49.6 Å². The molecule has 2 unspecified atom stereocenters. The quantitative estimate of drug-likeness (QED) is 0.0583. The van der Waals surface area contributed by atoms with Gasteiger partial charge in [-0.1, -0.05) is 23.6 Å². The molecule has 0 spiro atoms. The van der Waals surface area contributed by atoms with Gasteiger partial charge in [0.15, 0.2) is 21.3 Å². The lowest BCUT2D eigenvalue weighted by molar-refractivity contribution is -0.143. The Kier molecular flexibility index (Phi) is 15.3. The largest absolute Gasteiger partial charge is 0.481 e. The predicted octanol–water partition coefficient (Wildman–Crippen LogP) is 8.22. The molecule has 0 bridgehead atoms. The van der Waals surface area contributed by atoms with Crippen LogP contribution in [0.15, 0.2) is 42.5 Å². The number of carbonyl (C=O) groups excluding carboxylic acids is 2. The van der Waals surface area contributed by atoms with Crippen LogP contribution in [0, 0.1) is 23.5 Å². The molecule has 3 heterocycles. The summed E-state index contributed by atoms with van der Waals surface area (Å²) in [7, 11) is -6.38. The molecule has 15 nitrogen and oxygen atoms in total. The first kappa shape index (κ1) is 54.1. The summed E-state index contributed by atoms with van der Waals surface area (Å²) in [4.78, 5) is 43.0. The SMILES string of the molecule is CS(=O)N(C(=O)OCCCC(=O)O)c1nn(CC(F)(F)F)c2c(-c3ccc(C#CC(C)(C)S(C)(=O)=O)nc3C(Cc3cc(F)cc(F)c3)NC(=O)Cn3nc(C(F)(F)F)c4c3C(F)(F)CC4)ccc(Cl)c12. The summed E-state index contributed by atoms with van der Waals surface area (Å²) in [6, 6.07) is 4.89. The number of alkyl halides is 8. The molecule has 0 saturated carbocycles. The number of pyridine rings is 1. The maximum absolute atomic E-state index is 15.1. The number of carbonyl (C=O) groups is 3. The lowest BCUT2D eigenvalue weighted by Crippen LogP contribution is -2.35. The molecular formula is C43H38ClF10N7O8S2. The van der Waals surface area contributed by atoms with E-state index in [1.54, 1.807) is 0 Å². The fourth-order valence-corrected chi connectivity index (χ4v) is 8.56. The number of halogens is 11. The van der Waals surface area contributed by atoms with Crippen LogP contribution in [0.2, 0.25) is 5.02 Å². The lowest BCUT2D eigenvalue weighted by Gasteiger charge is -2.23. The number of nitrogens with zero attached hydrogens (tertiary/aromatic N) is 6. The second-order valence-corrected chi connectivity index (χ2v) is 20.7. The molecule has 1 aliphatic carbocycles. The first-order valence-corrected chi connectivity index (χ1v) is 24.4. The van der Waals surface area contributed by atoms with Crippen molar-refractivity contribution in [1.29, 1.82) is 0 Å². The summed E-state index contributed by atoms with van der Waals surface area (Å²) >= 11 is 6.62. The number of aromatic nitrogens is 5. The molecule has 5 aromatic rings. The Bertz CT molecular complexity index is 3130. The predicted molar refractivity (Wildman–Crippen MR) is 235 cm³/mol. The lowest BCUT2D eigenvalue weighted by atomic mass is 9.93. The minimum Gasteiger partial charge on any atom is -0.481 e. The Morgan fingerprint density at radius 2 is 1.66 bits per heavy atom. The second kappa shape index (κ2) is 20.1. The minimum atomic E-state index is -5.23. The van der Waals surface area contributed by atoms with E-state index in [-0.39, 0.29) is 33.5 Å². The van der Waals surface area contributed by atoms with Gasteiger partial charge in [0.05, 0.1) is 34.3 Å². The Balaban J connectivity index is 1.62. The van der Waals surface area contributed by atoms with Crippen molar-refractivity contribution in [3.8, 4) is 23.0 Å². The normalized spacial score (nSPS) is 14.6. The average molecular weight is 1070 g/mol. The van der Waals surface area contributed by atoms with Crippen molar-refractivity contribution in [3.63, 3.8) is 0 Å². The molecule has 0 fully saturated rings. The fraction of sp³-hybridized carbons (Fsp3) is 0.395. The van der Waals surface area contributed by atoms with Gasteiger partial charge in [-0.25, -0.2) is 31.2 Å². The van der Waals surface area contributed by atoms with E-state index in [0.717, 1.165) is 42.8 Å². The number of benzene rings is 2. The van der Waals surface area contributed by atoms with Crippen LogP contribution in [0.4, 0.5) is 54.5 Å². The highest BCUT2D eigenvalue weighted by Crippen LogP contribution is 2.47. The smallest absolute Gasteiger partial charge is 0.435 e. The van der Waals surface area contributed by atoms with Crippen LogP contribution in [0.5, 0.6) is 0 Å². The van der Waals surface area contributed by atoms with E-state index in [0.29, 0.717) is 15.1 Å². The molecule has 0 saturated heterocycles. The number of fused-ring (bicyclic) bond motifs is 2. The molecule has 0 aliphatic heterocycles. The number of hydrogen-bond donors (Lipinski definition) is 2. The molecule has 2 atom stereocenters. The van der Waals surface area contributed by atoms with Crippen molar-refractivity contribution >= 4 is 67.1 Å². The Hall–Kier alpha value is -6.27. The summed E-state index contributed by atoms with van der Waals surface area (Å²) in [5, 5.41) is 17.8. The monoisotopic (exact) mass is 1070 g/mol. The van der Waals surface area contributed by atoms with Crippen LogP contribution in [-0.4, -0.2) is 90.3 Å². The van der Waals surface area contributed by atoms with Crippen molar-refractivity contribution in [2.24, 2.45) is 0 Å². The first-order valence-electron chi connectivity index (χ1n) is 20.6. The van der Waals surface area contributed by atoms with Crippen LogP contribution in [0.1, 0.15) is 73.1 Å². The molecule has 71 heavy (non-hydrogen) atoms. The average Bonchev–Trinajstić information content (AvgIpc) is 3.88. The number of carboxylic acids is 1. The highest BCUT2D eigenvalue weighted by atomic mass is 35.5. The van der Waals surface area contributed by atoms with Gasteiger partial charge in [-0.05, 0) is 74.9 Å². The van der Waals surface area contributed by atoms with E-state index in [2.05, 4.69) is 32.3 Å². The summed E-state index contributed by atoms with van der Waals surface area (Å²) in [5.41, 5.74) is -5.85. The highest BCUT2D eigenvalue weighted by molar-refractivity contribution is 7.92. The zero-order chi connectivity index (χ0) is 52.8. The van der Waals surface area contributed by atoms with Gasteiger partial charge < -0.3 is 15.2 Å². The summed E-state index contributed by atoms with van der Waals surface area (Å²) in [6.45, 7) is -1.31. The van der Waals surface area contributed by atoms with Crippen LogP contribution in [0.25, 0.3) is 22.0 Å². The summed E-state index contributed by atoms with van der Waals surface area (Å²) in [6.07, 6.45) is -13.1. The van der Waals surface area contributed by atoms with Crippen LogP contribution < -0.4 is 9.62 Å². The van der Waals surface area contributed by atoms with E-state index < -0.39 is 169 Å². The zero-order valence-corrected chi connectivity index (χ0v) is 39.6. The number of amides is 2. The molecule has 0 radical (unpaired) electrons. The summed E-state index contributed by atoms with van der Waals surface area (Å²) in [5.74, 6) is -4.42. The topological polar surface area (TPSA) is 196 Å². The van der Waals surface area contributed by atoms with Gasteiger partial charge in [0, 0.05) is 48.1 Å². The fourth-order valence-electron chi connectivity index (χ4n) is 7.45. The number of ether oxygens (including phenoxy) is 1. The highest BCUT2D eigenvalue weighted by Gasteiger charge is 2.50. The third kappa shape index (κ3) is 12.3. The van der Waals surface area contributed by atoms with Gasteiger partial charge >= 0.3 is 24.4 Å². The van der Waals surface area contributed by atoms with Gasteiger partial charge in [-0.3, -0.25) is 19.0 Å². The van der Waals surface area contributed by atoms with Crippen molar-refractivity contribution in [2.75, 3.05) is 23.4 Å². The Morgan fingerprint density at radius 1 is 1.01 bits per heavy atom. The molecule has 28 heteroatoms. The van der Waals surface area contributed by atoms with E-state index >= 15 is 8.78 Å². The number of nitrogens with one attached hydrogen (secondary N) is 1. The minimum absolute atomic E-state index is 0.156. The van der Waals surface area contributed by atoms with Crippen molar-refractivity contribution in [1.82, 2.24) is 29.9 Å². The number of carboxylic acid groups (broad SMARTS) is 1. The van der Waals surface area contributed by atoms with Gasteiger partial charge in [-0.15, -0.1) is 0 Å². The van der Waals surface area contributed by atoms with E-state index in [1.165, 1.54) is 19.9 Å². The maximum atomic E-state index is 15.1. The molecule has 2 aromatic carbocycles. The third-order valence-electron chi connectivity index (χ3n) is 10.8. The molecule has 3 aromatic heterocycles. The molecule has 2 amide bonds. The maximum Gasteiger partial charge on any atom is 0.435 e. The molecular weight excluding hydrogens is 1030 g/mol. The number of sulfone groups is 1. The van der Waals surface area contributed by atoms with Gasteiger partial charge in [0.25, 0.3) is 5.92 Å². The standard InChI is InChI=1S/C43H38ClF10N7O8S2/c1-40(2,71(4,67)68)13-11-25-7-8-26(27-9-10-29(44)33-35(27)60(21-42(49,50)51)58-38(33)61(70(3)66)39(65)69-15-5-6-32(63)64)34(55-25)30(18-22-16-23(45)19-24(46)17-22)56-31(62)20-59-37-28(12-14-41(37,47)48)36(57-59)43(52,53)54/h7-10,16-17,19,30H,5-6,12,14-15,18,20-21H2,1-4H3,(H,56,62)(H,63,64). The first-order chi connectivity index (χ1) is 32.8. The number of hydrogen-bond acceptors (Lipinski definition) is 10. The molecule has 382 valence electrons. The van der Waals surface area contributed by atoms with Crippen LogP contribution in [-0.2, 0) is 73.2 Å². The Morgan fingerprint density at radius 3 is 2.25 bits per heavy atom. The number of aliphatic carboxylic acids is 1. The van der Waals surface area contributed by atoms with Crippen LogP contribution in [0.3, 0.4) is 0 Å². The molecule has 6 rings (SSSR count). The van der Waals surface area contributed by atoms with Gasteiger partial charge in [0.1, 0.15) is 51.8 Å². The Labute approximate surface area is 404 Å². The number of rotatable bonds is 15. The van der Waals surface area contributed by atoms with E-state index in [1.807, 2.05) is 0 Å². The number of anilines is 1. The van der Waals surface area contributed by atoms with Crippen molar-refractivity contribution in [2.45, 2.75) is 88.1 Å². The zero-order valence-electron chi connectivity index (χ0n) is 37.2. The van der Waals surface area contributed by atoms with Crippen molar-refractivity contribution in [3.05, 3.63) is 93.0 Å². The van der Waals surface area contributed by atoms with Crippen LogP contribution >= 0.6 is 11.6 Å². The molecule has 2 N–H and O–H groups in total. The van der Waals surface area contributed by atoms with E-state index in [4.69, 9.17) is 21.4 Å². The van der Waals surface area contributed by atoms with Crippen molar-refractivity contribution < 1.29 is 80.8 Å². The summed E-state index contributed by atoms with van der Waals surface area (Å²) < 4.78 is 188.